The van der Waals surface area contributed by atoms with Crippen LogP contribution in [0.1, 0.15) is 37.1 Å². The topological polar surface area (TPSA) is 108 Å². The van der Waals surface area contributed by atoms with Crippen LogP contribution < -0.4 is 10.6 Å². The molecule has 1 aromatic heterocycles. The minimum atomic E-state index is -1.15. The molecule has 0 radical (unpaired) electrons. The maximum absolute atomic E-state index is 12.2. The molecule has 0 aliphatic rings. The average Bonchev–Trinajstić information content (AvgIpc) is 2.77. The third kappa shape index (κ3) is 6.37. The molecule has 1 heterocycles. The van der Waals surface area contributed by atoms with Crippen molar-refractivity contribution in [2.45, 2.75) is 38.3 Å². The van der Waals surface area contributed by atoms with Crippen LogP contribution in [0.25, 0.3) is 10.9 Å². The van der Waals surface area contributed by atoms with E-state index in [0.717, 1.165) is 16.5 Å². The summed E-state index contributed by atoms with van der Waals surface area (Å²) in [5.74, 6) is -1.91. The first-order valence-electron chi connectivity index (χ1n) is 10.1. The van der Waals surface area contributed by atoms with Gasteiger partial charge in [0.15, 0.2) is 0 Å². The van der Waals surface area contributed by atoms with Crippen LogP contribution in [0.5, 0.6) is 0 Å². The number of pyridine rings is 1. The van der Waals surface area contributed by atoms with Crippen LogP contribution in [0.3, 0.4) is 0 Å². The number of carboxylic acids is 1. The van der Waals surface area contributed by atoms with E-state index in [9.17, 15) is 19.5 Å². The zero-order chi connectivity index (χ0) is 22.2. The van der Waals surface area contributed by atoms with Crippen LogP contribution in [0, 0.1) is 0 Å². The molecule has 7 heteroatoms. The van der Waals surface area contributed by atoms with E-state index in [1.54, 1.807) is 6.07 Å². The van der Waals surface area contributed by atoms with Crippen molar-refractivity contribution in [1.82, 2.24) is 15.6 Å². The molecular formula is C24H25N3O4. The summed E-state index contributed by atoms with van der Waals surface area (Å²) >= 11 is 0. The standard InChI is InChI=1S/C24H25N3O4/c1-16(17-7-3-2-4-8-17)25-22(28)13-14-23(29)27-21(24(30)31)15-19-12-11-18-9-5-6-10-20(18)26-19/h2-12,16,21H,13-15H2,1H3,(H,25,28)(H,27,29)(H,30,31)/t16-,21-/m1/s1. The smallest absolute Gasteiger partial charge is 0.326 e. The molecule has 31 heavy (non-hydrogen) atoms. The molecule has 2 aromatic carbocycles. The number of aliphatic carboxylic acids is 1. The van der Waals surface area contributed by atoms with Gasteiger partial charge in [0.1, 0.15) is 6.04 Å². The van der Waals surface area contributed by atoms with E-state index in [4.69, 9.17) is 0 Å². The van der Waals surface area contributed by atoms with Gasteiger partial charge in [-0.1, -0.05) is 54.6 Å². The molecule has 0 unspecified atom stereocenters. The largest absolute Gasteiger partial charge is 0.480 e. The van der Waals surface area contributed by atoms with Crippen molar-refractivity contribution in [1.29, 1.82) is 0 Å². The van der Waals surface area contributed by atoms with Crippen LogP contribution in [-0.2, 0) is 20.8 Å². The highest BCUT2D eigenvalue weighted by atomic mass is 16.4. The van der Waals surface area contributed by atoms with Gasteiger partial charge >= 0.3 is 5.97 Å². The number of nitrogens with zero attached hydrogens (tertiary/aromatic N) is 1. The third-order valence-electron chi connectivity index (χ3n) is 4.96. The molecule has 3 aromatic rings. The second-order valence-electron chi connectivity index (χ2n) is 7.36. The van der Waals surface area contributed by atoms with E-state index in [0.29, 0.717) is 5.69 Å². The van der Waals surface area contributed by atoms with E-state index in [2.05, 4.69) is 15.6 Å². The summed E-state index contributed by atoms with van der Waals surface area (Å²) in [6.07, 6.45) is -0.0605. The van der Waals surface area contributed by atoms with Gasteiger partial charge in [0.2, 0.25) is 11.8 Å². The average molecular weight is 419 g/mol. The van der Waals surface area contributed by atoms with Gasteiger partial charge in [0, 0.05) is 30.3 Å². The first-order valence-corrected chi connectivity index (χ1v) is 10.1. The fraction of sp³-hybridized carbons (Fsp3) is 0.250. The van der Waals surface area contributed by atoms with Crippen molar-refractivity contribution in [2.24, 2.45) is 0 Å². The number of fused-ring (bicyclic) bond motifs is 1. The van der Waals surface area contributed by atoms with E-state index < -0.39 is 17.9 Å². The predicted octanol–water partition coefficient (Wildman–Crippen LogP) is 3.00. The van der Waals surface area contributed by atoms with Crippen LogP contribution >= 0.6 is 0 Å². The number of carbonyl (C=O) groups is 3. The lowest BCUT2D eigenvalue weighted by Gasteiger charge is -2.16. The maximum atomic E-state index is 12.2. The molecule has 0 spiro atoms. The van der Waals surface area contributed by atoms with Gasteiger partial charge in [-0.25, -0.2) is 4.79 Å². The molecular weight excluding hydrogens is 394 g/mol. The molecule has 0 fully saturated rings. The van der Waals surface area contributed by atoms with Crippen molar-refractivity contribution < 1.29 is 19.5 Å². The highest BCUT2D eigenvalue weighted by Crippen LogP contribution is 2.13. The van der Waals surface area contributed by atoms with Crippen molar-refractivity contribution in [3.63, 3.8) is 0 Å². The van der Waals surface area contributed by atoms with Crippen molar-refractivity contribution >= 4 is 28.7 Å². The number of hydrogen-bond donors (Lipinski definition) is 3. The third-order valence-corrected chi connectivity index (χ3v) is 4.96. The SMILES string of the molecule is C[C@@H](NC(=O)CCC(=O)N[C@H](Cc1ccc2ccccc2n1)C(=O)O)c1ccccc1. The van der Waals surface area contributed by atoms with E-state index >= 15 is 0 Å². The Bertz CT molecular complexity index is 1070. The van der Waals surface area contributed by atoms with Gasteiger partial charge in [-0.05, 0) is 24.6 Å². The Kier molecular flexibility index (Phi) is 7.32. The Morgan fingerprint density at radius 2 is 1.52 bits per heavy atom. The number of benzene rings is 2. The number of rotatable bonds is 9. The number of aromatic nitrogens is 1. The van der Waals surface area contributed by atoms with Gasteiger partial charge in [0.05, 0.1) is 11.6 Å². The minimum absolute atomic E-state index is 0.0242. The molecule has 0 saturated heterocycles. The maximum Gasteiger partial charge on any atom is 0.326 e. The fourth-order valence-electron chi connectivity index (χ4n) is 3.26. The van der Waals surface area contributed by atoms with Gasteiger partial charge in [-0.2, -0.15) is 0 Å². The van der Waals surface area contributed by atoms with Crippen molar-refractivity contribution in [3.8, 4) is 0 Å². The van der Waals surface area contributed by atoms with Crippen LogP contribution in [-0.4, -0.2) is 33.9 Å². The summed E-state index contributed by atoms with van der Waals surface area (Å²) in [7, 11) is 0. The first kappa shape index (κ1) is 22.0. The lowest BCUT2D eigenvalue weighted by Crippen LogP contribution is -2.42. The Balaban J connectivity index is 1.51. The lowest BCUT2D eigenvalue weighted by molar-refractivity contribution is -0.141. The molecule has 0 bridgehead atoms. The number of carboxylic acid groups (broad SMARTS) is 1. The van der Waals surface area contributed by atoms with E-state index in [-0.39, 0.29) is 31.2 Å². The quantitative estimate of drug-likeness (QED) is 0.494. The number of amides is 2. The van der Waals surface area contributed by atoms with E-state index in [1.165, 1.54) is 0 Å². The number of carbonyl (C=O) groups excluding carboxylic acids is 2. The van der Waals surface area contributed by atoms with Crippen molar-refractivity contribution in [3.05, 3.63) is 78.0 Å². The highest BCUT2D eigenvalue weighted by Gasteiger charge is 2.21. The number of para-hydroxylation sites is 1. The summed E-state index contributed by atoms with van der Waals surface area (Å²) in [5, 5.41) is 15.8. The first-order chi connectivity index (χ1) is 14.9. The molecule has 2 amide bonds. The molecule has 0 aliphatic heterocycles. The van der Waals surface area contributed by atoms with Crippen molar-refractivity contribution in [2.75, 3.05) is 0 Å². The Labute approximate surface area is 180 Å². The summed E-state index contributed by atoms with van der Waals surface area (Å²) < 4.78 is 0. The molecule has 2 atom stereocenters. The normalized spacial score (nSPS) is 12.7. The monoisotopic (exact) mass is 419 g/mol. The number of nitrogens with one attached hydrogen (secondary N) is 2. The molecule has 7 nitrogen and oxygen atoms in total. The second-order valence-corrected chi connectivity index (χ2v) is 7.36. The van der Waals surface area contributed by atoms with Gasteiger partial charge in [-0.15, -0.1) is 0 Å². The Hall–Kier alpha value is -3.74. The molecule has 0 saturated carbocycles. The molecule has 0 aliphatic carbocycles. The van der Waals surface area contributed by atoms with Crippen LogP contribution in [0.15, 0.2) is 66.7 Å². The summed E-state index contributed by atoms with van der Waals surface area (Å²) in [6, 6.07) is 19.4. The highest BCUT2D eigenvalue weighted by molar-refractivity contribution is 5.87. The fourth-order valence-corrected chi connectivity index (χ4v) is 3.26. The number of hydrogen-bond acceptors (Lipinski definition) is 4. The zero-order valence-corrected chi connectivity index (χ0v) is 17.2. The lowest BCUT2D eigenvalue weighted by atomic mass is 10.1. The molecule has 3 rings (SSSR count). The second kappa shape index (κ2) is 10.3. The van der Waals surface area contributed by atoms with Gasteiger partial charge < -0.3 is 15.7 Å². The minimum Gasteiger partial charge on any atom is -0.480 e. The zero-order valence-electron chi connectivity index (χ0n) is 17.2. The Morgan fingerprint density at radius 1 is 0.871 bits per heavy atom. The van der Waals surface area contributed by atoms with Gasteiger partial charge in [0.25, 0.3) is 0 Å². The predicted molar refractivity (Wildman–Crippen MR) is 117 cm³/mol. The molecule has 3 N–H and O–H groups in total. The summed E-state index contributed by atoms with van der Waals surface area (Å²) in [6.45, 7) is 1.87. The van der Waals surface area contributed by atoms with Crippen LogP contribution in [0.2, 0.25) is 0 Å². The summed E-state index contributed by atoms with van der Waals surface area (Å²) in [4.78, 5) is 40.5. The Morgan fingerprint density at radius 3 is 2.23 bits per heavy atom. The molecule has 160 valence electrons. The van der Waals surface area contributed by atoms with Gasteiger partial charge in [-0.3, -0.25) is 14.6 Å². The summed E-state index contributed by atoms with van der Waals surface area (Å²) in [5.41, 5.74) is 2.30. The van der Waals surface area contributed by atoms with E-state index in [1.807, 2.05) is 67.6 Å². The van der Waals surface area contributed by atoms with Crippen LogP contribution in [0.4, 0.5) is 0 Å².